The van der Waals surface area contributed by atoms with Gasteiger partial charge >= 0.3 is 0 Å². The third-order valence-electron chi connectivity index (χ3n) is 5.34. The number of anilines is 1. The Morgan fingerprint density at radius 3 is 2.66 bits per heavy atom. The lowest BCUT2D eigenvalue weighted by Crippen LogP contribution is -2.39. The summed E-state index contributed by atoms with van der Waals surface area (Å²) in [4.78, 5) is 27.2. The van der Waals surface area contributed by atoms with Crippen molar-refractivity contribution in [2.75, 3.05) is 11.9 Å². The molecule has 3 aromatic carbocycles. The lowest BCUT2D eigenvalue weighted by Gasteiger charge is -2.22. The molecular formula is C25H22ClFN2O3. The van der Waals surface area contributed by atoms with Crippen molar-refractivity contribution < 1.29 is 18.7 Å². The van der Waals surface area contributed by atoms with Crippen molar-refractivity contribution in [3.05, 3.63) is 94.3 Å². The van der Waals surface area contributed by atoms with Gasteiger partial charge in [-0.3, -0.25) is 9.59 Å². The second-order valence-corrected chi connectivity index (χ2v) is 8.06. The van der Waals surface area contributed by atoms with Crippen molar-refractivity contribution in [1.82, 2.24) is 4.90 Å². The van der Waals surface area contributed by atoms with Gasteiger partial charge in [-0.15, -0.1) is 0 Å². The van der Waals surface area contributed by atoms with Crippen LogP contribution in [0, 0.1) is 5.82 Å². The van der Waals surface area contributed by atoms with Crippen molar-refractivity contribution >= 4 is 29.1 Å². The molecule has 0 radical (unpaired) electrons. The van der Waals surface area contributed by atoms with Crippen molar-refractivity contribution in [2.45, 2.75) is 26.0 Å². The molecule has 1 atom stereocenters. The van der Waals surface area contributed by atoms with E-state index in [-0.39, 0.29) is 17.6 Å². The molecule has 164 valence electrons. The van der Waals surface area contributed by atoms with Crippen LogP contribution in [0.2, 0.25) is 5.02 Å². The van der Waals surface area contributed by atoms with Crippen LogP contribution in [-0.4, -0.2) is 29.4 Å². The zero-order valence-electron chi connectivity index (χ0n) is 17.5. The highest BCUT2D eigenvalue weighted by Crippen LogP contribution is 2.29. The quantitative estimate of drug-likeness (QED) is 0.587. The van der Waals surface area contributed by atoms with Crippen LogP contribution in [-0.2, 0) is 17.8 Å². The Morgan fingerprint density at radius 1 is 1.16 bits per heavy atom. The van der Waals surface area contributed by atoms with Gasteiger partial charge in [0.1, 0.15) is 11.6 Å². The number of carbonyl (C=O) groups excluding carboxylic acids is 2. The number of ether oxygens (including phenoxy) is 1. The summed E-state index contributed by atoms with van der Waals surface area (Å²) in [5.41, 5.74) is 2.69. The summed E-state index contributed by atoms with van der Waals surface area (Å²) in [6.45, 7) is 2.53. The molecule has 4 rings (SSSR count). The number of benzene rings is 3. The molecule has 0 saturated carbocycles. The largest absolute Gasteiger partial charge is 0.481 e. The van der Waals surface area contributed by atoms with Gasteiger partial charge in [0.15, 0.2) is 6.10 Å². The van der Waals surface area contributed by atoms with Gasteiger partial charge in [0.05, 0.1) is 10.6 Å². The standard InChI is InChI=1S/C25H22ClFN2O3/c1-16-25(31)29(13-12-17-6-8-19(27)9-7-17)15-18-14-20(10-11-23(18)32-16)28-24(30)21-4-2-3-5-22(21)26/h2-11,14,16H,12-13,15H2,1H3,(H,28,30). The number of fused-ring (bicyclic) bond motifs is 1. The summed E-state index contributed by atoms with van der Waals surface area (Å²) >= 11 is 6.12. The third kappa shape index (κ3) is 4.92. The average molecular weight is 453 g/mol. The lowest BCUT2D eigenvalue weighted by atomic mass is 10.1. The van der Waals surface area contributed by atoms with Crippen molar-refractivity contribution in [2.24, 2.45) is 0 Å². The second kappa shape index (κ2) is 9.40. The Balaban J connectivity index is 1.52. The summed E-state index contributed by atoms with van der Waals surface area (Å²) in [6.07, 6.45) is -0.0372. The number of nitrogens with one attached hydrogen (secondary N) is 1. The fourth-order valence-electron chi connectivity index (χ4n) is 3.63. The van der Waals surface area contributed by atoms with Crippen molar-refractivity contribution in [3.63, 3.8) is 0 Å². The van der Waals surface area contributed by atoms with E-state index in [9.17, 15) is 14.0 Å². The predicted octanol–water partition coefficient (Wildman–Crippen LogP) is 5.08. The SMILES string of the molecule is CC1Oc2ccc(NC(=O)c3ccccc3Cl)cc2CN(CCc2ccc(F)cc2)C1=O. The second-order valence-electron chi connectivity index (χ2n) is 7.65. The number of hydrogen-bond acceptors (Lipinski definition) is 3. The highest BCUT2D eigenvalue weighted by Gasteiger charge is 2.28. The van der Waals surface area contributed by atoms with Gasteiger partial charge in [-0.1, -0.05) is 35.9 Å². The lowest BCUT2D eigenvalue weighted by molar-refractivity contribution is -0.137. The summed E-state index contributed by atoms with van der Waals surface area (Å²) < 4.78 is 19.0. The molecule has 1 N–H and O–H groups in total. The van der Waals surface area contributed by atoms with Crippen LogP contribution in [0.3, 0.4) is 0 Å². The zero-order chi connectivity index (χ0) is 22.7. The summed E-state index contributed by atoms with van der Waals surface area (Å²) in [5, 5.41) is 3.22. The fraction of sp³-hybridized carbons (Fsp3) is 0.200. The minimum absolute atomic E-state index is 0.120. The number of hydrogen-bond donors (Lipinski definition) is 1. The average Bonchev–Trinajstić information content (AvgIpc) is 2.90. The van der Waals surface area contributed by atoms with E-state index in [1.165, 1.54) is 12.1 Å². The summed E-state index contributed by atoms with van der Waals surface area (Å²) in [7, 11) is 0. The first-order valence-corrected chi connectivity index (χ1v) is 10.7. The van der Waals surface area contributed by atoms with Gasteiger partial charge in [0, 0.05) is 24.3 Å². The highest BCUT2D eigenvalue weighted by molar-refractivity contribution is 6.34. The van der Waals surface area contributed by atoms with Crippen molar-refractivity contribution in [3.8, 4) is 5.75 Å². The number of rotatable bonds is 5. The smallest absolute Gasteiger partial charge is 0.263 e. The van der Waals surface area contributed by atoms with Gasteiger partial charge < -0.3 is 15.0 Å². The van der Waals surface area contributed by atoms with Crippen LogP contribution >= 0.6 is 11.6 Å². The van der Waals surface area contributed by atoms with E-state index in [0.717, 1.165) is 11.1 Å². The maximum absolute atomic E-state index is 13.2. The third-order valence-corrected chi connectivity index (χ3v) is 5.67. The number of carbonyl (C=O) groups is 2. The molecule has 0 aromatic heterocycles. The first-order chi connectivity index (χ1) is 15.4. The van der Waals surface area contributed by atoms with Crippen LogP contribution in [0.1, 0.15) is 28.4 Å². The first-order valence-electron chi connectivity index (χ1n) is 10.3. The van der Waals surface area contributed by atoms with E-state index >= 15 is 0 Å². The van der Waals surface area contributed by atoms with Gasteiger partial charge in [-0.05, 0) is 61.4 Å². The number of amides is 2. The van der Waals surface area contributed by atoms with Gasteiger partial charge in [0.2, 0.25) is 0 Å². The van der Waals surface area contributed by atoms with Crippen LogP contribution in [0.4, 0.5) is 10.1 Å². The molecule has 1 aliphatic heterocycles. The molecule has 0 spiro atoms. The van der Waals surface area contributed by atoms with Gasteiger partial charge in [0.25, 0.3) is 11.8 Å². The molecule has 1 aliphatic rings. The Bertz CT molecular complexity index is 1150. The molecule has 7 heteroatoms. The molecule has 0 saturated heterocycles. The molecule has 0 fully saturated rings. The minimum Gasteiger partial charge on any atom is -0.481 e. The van der Waals surface area contributed by atoms with E-state index in [0.29, 0.717) is 41.5 Å². The molecule has 3 aromatic rings. The van der Waals surface area contributed by atoms with Crippen LogP contribution in [0.5, 0.6) is 5.75 Å². The summed E-state index contributed by atoms with van der Waals surface area (Å²) in [6, 6.07) is 18.4. The van der Waals surface area contributed by atoms with Crippen LogP contribution < -0.4 is 10.1 Å². The monoisotopic (exact) mass is 452 g/mol. The molecule has 1 heterocycles. The topological polar surface area (TPSA) is 58.6 Å². The Hall–Kier alpha value is -3.38. The van der Waals surface area contributed by atoms with Gasteiger partial charge in [-0.25, -0.2) is 4.39 Å². The number of halogens is 2. The van der Waals surface area contributed by atoms with Crippen LogP contribution in [0.25, 0.3) is 0 Å². The highest BCUT2D eigenvalue weighted by atomic mass is 35.5. The first kappa shape index (κ1) is 21.8. The zero-order valence-corrected chi connectivity index (χ0v) is 18.2. The van der Waals surface area contributed by atoms with E-state index in [1.54, 1.807) is 66.4 Å². The summed E-state index contributed by atoms with van der Waals surface area (Å²) in [5.74, 6) is -0.125. The number of nitrogens with zero attached hydrogens (tertiary/aromatic N) is 1. The maximum atomic E-state index is 13.2. The normalized spacial score (nSPS) is 15.5. The molecule has 32 heavy (non-hydrogen) atoms. The Morgan fingerprint density at radius 2 is 1.91 bits per heavy atom. The molecule has 1 unspecified atom stereocenters. The van der Waals surface area contributed by atoms with E-state index in [1.807, 2.05) is 0 Å². The molecule has 0 aliphatic carbocycles. The molecule has 5 nitrogen and oxygen atoms in total. The van der Waals surface area contributed by atoms with Crippen molar-refractivity contribution in [1.29, 1.82) is 0 Å². The molecule has 0 bridgehead atoms. The van der Waals surface area contributed by atoms with E-state index in [4.69, 9.17) is 16.3 Å². The van der Waals surface area contributed by atoms with E-state index in [2.05, 4.69) is 5.32 Å². The van der Waals surface area contributed by atoms with Crippen LogP contribution in [0.15, 0.2) is 66.7 Å². The Kier molecular flexibility index (Phi) is 6.42. The van der Waals surface area contributed by atoms with Gasteiger partial charge in [-0.2, -0.15) is 0 Å². The fourth-order valence-corrected chi connectivity index (χ4v) is 3.85. The van der Waals surface area contributed by atoms with E-state index < -0.39 is 6.10 Å². The predicted molar refractivity (Wildman–Crippen MR) is 121 cm³/mol. The molecule has 2 amide bonds. The minimum atomic E-state index is -0.631. The Labute approximate surface area is 190 Å². The molecular weight excluding hydrogens is 431 g/mol. The maximum Gasteiger partial charge on any atom is 0.263 e.